The minimum absolute atomic E-state index is 0.0945. The van der Waals surface area contributed by atoms with Crippen molar-refractivity contribution in [2.45, 2.75) is 29.4 Å². The molecule has 1 atom stereocenters. The van der Waals surface area contributed by atoms with Gasteiger partial charge in [-0.05, 0) is 30.9 Å². The lowest BCUT2D eigenvalue weighted by Crippen LogP contribution is -2.13. The van der Waals surface area contributed by atoms with Crippen LogP contribution in [0.15, 0.2) is 23.1 Å². The molecule has 1 aliphatic rings. The van der Waals surface area contributed by atoms with Gasteiger partial charge in [0, 0.05) is 5.25 Å². The van der Waals surface area contributed by atoms with Crippen molar-refractivity contribution in [3.63, 3.8) is 0 Å². The quantitative estimate of drug-likeness (QED) is 0.833. The second kappa shape index (κ2) is 7.02. The van der Waals surface area contributed by atoms with Gasteiger partial charge in [0.2, 0.25) is 0 Å². The molecule has 0 saturated carbocycles. The summed E-state index contributed by atoms with van der Waals surface area (Å²) in [5.74, 6) is 0.964. The Morgan fingerprint density at radius 2 is 2.33 bits per heavy atom. The first-order chi connectivity index (χ1) is 8.85. The van der Waals surface area contributed by atoms with Crippen molar-refractivity contribution in [1.82, 2.24) is 0 Å². The van der Waals surface area contributed by atoms with Gasteiger partial charge in [0.1, 0.15) is 5.75 Å². The van der Waals surface area contributed by atoms with Crippen LogP contribution in [0.1, 0.15) is 18.4 Å². The maximum Gasteiger partial charge on any atom is 0.132 e. The van der Waals surface area contributed by atoms with Crippen LogP contribution < -0.4 is 4.74 Å². The molecule has 0 saturated heterocycles. The van der Waals surface area contributed by atoms with Gasteiger partial charge in [-0.2, -0.15) is 0 Å². The van der Waals surface area contributed by atoms with Crippen LogP contribution in [-0.2, 0) is 11.2 Å². The van der Waals surface area contributed by atoms with Crippen LogP contribution in [0.5, 0.6) is 5.75 Å². The second-order valence-corrected chi connectivity index (χ2v) is 5.69. The third-order valence-corrected chi connectivity index (χ3v) is 4.48. The zero-order valence-electron chi connectivity index (χ0n) is 10.7. The summed E-state index contributed by atoms with van der Waals surface area (Å²) >= 11 is 1.85. The van der Waals surface area contributed by atoms with E-state index < -0.39 is 0 Å². The monoisotopic (exact) mass is 268 g/mol. The van der Waals surface area contributed by atoms with E-state index in [0.29, 0.717) is 18.5 Å². The fourth-order valence-electron chi connectivity index (χ4n) is 2.20. The number of benzene rings is 1. The Hall–Kier alpha value is -0.710. The molecule has 1 N–H and O–H groups in total. The lowest BCUT2D eigenvalue weighted by Gasteiger charge is -2.16. The number of aryl methyl sites for hydroxylation is 1. The number of aliphatic hydroxyl groups is 1. The number of thioether (sulfide) groups is 1. The molecule has 1 aliphatic heterocycles. The lowest BCUT2D eigenvalue weighted by atomic mass is 10.1. The maximum atomic E-state index is 8.74. The third kappa shape index (κ3) is 3.40. The Morgan fingerprint density at radius 3 is 3.11 bits per heavy atom. The molecule has 3 nitrogen and oxygen atoms in total. The van der Waals surface area contributed by atoms with Gasteiger partial charge in [-0.1, -0.05) is 12.1 Å². The Morgan fingerprint density at radius 1 is 1.44 bits per heavy atom. The second-order valence-electron chi connectivity index (χ2n) is 4.38. The molecule has 1 aromatic carbocycles. The van der Waals surface area contributed by atoms with Crippen molar-refractivity contribution < 1.29 is 14.6 Å². The van der Waals surface area contributed by atoms with Crippen LogP contribution in [0.3, 0.4) is 0 Å². The summed E-state index contributed by atoms with van der Waals surface area (Å²) in [5, 5.41) is 9.19. The van der Waals surface area contributed by atoms with Crippen molar-refractivity contribution in [2.75, 3.05) is 26.9 Å². The highest BCUT2D eigenvalue weighted by Crippen LogP contribution is 2.40. The van der Waals surface area contributed by atoms with Crippen LogP contribution in [0.25, 0.3) is 0 Å². The van der Waals surface area contributed by atoms with E-state index in [1.165, 1.54) is 16.9 Å². The van der Waals surface area contributed by atoms with Gasteiger partial charge in [-0.25, -0.2) is 0 Å². The van der Waals surface area contributed by atoms with E-state index in [9.17, 15) is 0 Å². The highest BCUT2D eigenvalue weighted by molar-refractivity contribution is 8.00. The van der Waals surface area contributed by atoms with Gasteiger partial charge in [-0.3, -0.25) is 0 Å². The number of fused-ring (bicyclic) bond motifs is 1. The summed E-state index contributed by atoms with van der Waals surface area (Å²) in [4.78, 5) is 1.26. The maximum absolute atomic E-state index is 8.74. The minimum Gasteiger partial charge on any atom is -0.496 e. The molecule has 0 amide bonds. The van der Waals surface area contributed by atoms with Crippen LogP contribution in [0.2, 0.25) is 0 Å². The molecule has 4 heteroatoms. The number of methoxy groups -OCH3 is 1. The van der Waals surface area contributed by atoms with Gasteiger partial charge >= 0.3 is 0 Å². The van der Waals surface area contributed by atoms with Crippen molar-refractivity contribution in [3.8, 4) is 5.75 Å². The van der Waals surface area contributed by atoms with E-state index in [1.807, 2.05) is 17.8 Å². The summed E-state index contributed by atoms with van der Waals surface area (Å²) in [7, 11) is 1.72. The number of rotatable bonds is 5. The molecule has 0 aliphatic carbocycles. The van der Waals surface area contributed by atoms with Gasteiger partial charge in [0.25, 0.3) is 0 Å². The summed E-state index contributed by atoms with van der Waals surface area (Å²) in [6, 6.07) is 6.26. The van der Waals surface area contributed by atoms with Gasteiger partial charge in [0.15, 0.2) is 0 Å². The van der Waals surface area contributed by atoms with Gasteiger partial charge < -0.3 is 14.6 Å². The number of ether oxygens (including phenoxy) is 2. The van der Waals surface area contributed by atoms with E-state index in [-0.39, 0.29) is 6.61 Å². The normalized spacial score (nSPS) is 19.1. The zero-order valence-corrected chi connectivity index (χ0v) is 11.5. The Labute approximate surface area is 112 Å². The van der Waals surface area contributed by atoms with Crippen LogP contribution >= 0.6 is 11.8 Å². The molecule has 0 fully saturated rings. The molecule has 1 unspecified atom stereocenters. The minimum atomic E-state index is 0.0945. The molecule has 2 rings (SSSR count). The highest BCUT2D eigenvalue weighted by Gasteiger charge is 2.20. The van der Waals surface area contributed by atoms with Crippen molar-refractivity contribution in [2.24, 2.45) is 0 Å². The van der Waals surface area contributed by atoms with E-state index in [1.54, 1.807) is 7.11 Å². The van der Waals surface area contributed by atoms with Gasteiger partial charge in [0.05, 0.1) is 31.8 Å². The lowest BCUT2D eigenvalue weighted by molar-refractivity contribution is 0.0922. The zero-order chi connectivity index (χ0) is 12.8. The highest BCUT2D eigenvalue weighted by atomic mass is 32.2. The standard InChI is InChI=1S/C14H20O3S/c1-16-13-7-3-5-11-4-2-6-12(18-14(11)13)10-17-9-8-15/h3,5,7,12,15H,2,4,6,8-10H2,1H3. The fourth-order valence-corrected chi connectivity index (χ4v) is 3.57. The van der Waals surface area contributed by atoms with E-state index in [2.05, 4.69) is 12.1 Å². The first kappa shape index (κ1) is 13.7. The first-order valence-corrected chi connectivity index (χ1v) is 7.24. The number of hydrogen-bond acceptors (Lipinski definition) is 4. The average Bonchev–Trinajstić information content (AvgIpc) is 2.60. The van der Waals surface area contributed by atoms with E-state index >= 15 is 0 Å². The Balaban J connectivity index is 2.07. The predicted molar refractivity (Wildman–Crippen MR) is 73.5 cm³/mol. The number of aliphatic hydroxyl groups excluding tert-OH is 1. The average molecular weight is 268 g/mol. The molecular formula is C14H20O3S. The molecule has 1 heterocycles. The molecular weight excluding hydrogens is 248 g/mol. The molecule has 0 aromatic heterocycles. The largest absolute Gasteiger partial charge is 0.496 e. The summed E-state index contributed by atoms with van der Waals surface area (Å²) in [6.07, 6.45) is 3.43. The van der Waals surface area contributed by atoms with Crippen LogP contribution in [-0.4, -0.2) is 37.3 Å². The van der Waals surface area contributed by atoms with Crippen molar-refractivity contribution >= 4 is 11.8 Å². The van der Waals surface area contributed by atoms with Gasteiger partial charge in [-0.15, -0.1) is 11.8 Å². The fraction of sp³-hybridized carbons (Fsp3) is 0.571. The van der Waals surface area contributed by atoms with Crippen LogP contribution in [0.4, 0.5) is 0 Å². The molecule has 100 valence electrons. The molecule has 0 spiro atoms. The Kier molecular flexibility index (Phi) is 5.35. The summed E-state index contributed by atoms with van der Waals surface area (Å²) in [6.45, 7) is 1.22. The molecule has 1 aromatic rings. The molecule has 0 bridgehead atoms. The van der Waals surface area contributed by atoms with Crippen molar-refractivity contribution in [3.05, 3.63) is 23.8 Å². The van der Waals surface area contributed by atoms with Crippen molar-refractivity contribution in [1.29, 1.82) is 0 Å². The SMILES string of the molecule is COc1cccc2c1SC(COCCO)CCC2. The smallest absolute Gasteiger partial charge is 0.132 e. The summed E-state index contributed by atoms with van der Waals surface area (Å²) in [5.41, 5.74) is 1.38. The van der Waals surface area contributed by atoms with E-state index in [4.69, 9.17) is 14.6 Å². The summed E-state index contributed by atoms with van der Waals surface area (Å²) < 4.78 is 10.9. The Bertz CT molecular complexity index is 381. The van der Waals surface area contributed by atoms with E-state index in [0.717, 1.165) is 18.6 Å². The predicted octanol–water partition coefficient (Wildman–Crippen LogP) is 2.50. The van der Waals surface area contributed by atoms with Crippen LogP contribution in [0, 0.1) is 0 Å². The number of hydrogen-bond donors (Lipinski definition) is 1. The molecule has 18 heavy (non-hydrogen) atoms. The third-order valence-electron chi connectivity index (χ3n) is 3.08. The topological polar surface area (TPSA) is 38.7 Å². The molecule has 0 radical (unpaired) electrons. The first-order valence-electron chi connectivity index (χ1n) is 6.36.